The molecule has 2 aromatic rings. The predicted octanol–water partition coefficient (Wildman–Crippen LogP) is 7.56. The minimum Gasteiger partial charge on any atom is -0.496 e. The van der Waals surface area contributed by atoms with Crippen molar-refractivity contribution in [3.05, 3.63) is 53.1 Å². The van der Waals surface area contributed by atoms with Crippen molar-refractivity contribution >= 4 is 23.2 Å². The van der Waals surface area contributed by atoms with E-state index in [4.69, 9.17) is 4.74 Å². The molecule has 1 aliphatic rings. The van der Waals surface area contributed by atoms with Gasteiger partial charge in [-0.3, -0.25) is 9.59 Å². The van der Waals surface area contributed by atoms with Crippen LogP contribution in [0, 0.1) is 24.7 Å². The molecule has 198 valence electrons. The maximum Gasteiger partial charge on any atom is 0.227 e. The van der Waals surface area contributed by atoms with Crippen LogP contribution in [-0.4, -0.2) is 18.9 Å². The van der Waals surface area contributed by atoms with Crippen LogP contribution in [0.25, 0.3) is 0 Å². The molecule has 36 heavy (non-hydrogen) atoms. The van der Waals surface area contributed by atoms with Crippen LogP contribution in [0.4, 0.5) is 11.4 Å². The van der Waals surface area contributed by atoms with Gasteiger partial charge in [-0.1, -0.05) is 52.3 Å². The predicted molar refractivity (Wildman–Crippen MR) is 151 cm³/mol. The summed E-state index contributed by atoms with van der Waals surface area (Å²) in [6.45, 7) is 12.4. The minimum absolute atomic E-state index is 0.00652. The molecule has 2 aromatic carbocycles. The third-order valence-corrected chi connectivity index (χ3v) is 7.59. The molecule has 0 bridgehead atoms. The highest BCUT2D eigenvalue weighted by atomic mass is 16.5. The first-order valence-corrected chi connectivity index (χ1v) is 13.6. The molecule has 0 aliphatic heterocycles. The van der Waals surface area contributed by atoms with Crippen molar-refractivity contribution in [3.63, 3.8) is 0 Å². The molecule has 0 aromatic heterocycles. The summed E-state index contributed by atoms with van der Waals surface area (Å²) in [4.78, 5) is 23.4. The summed E-state index contributed by atoms with van der Waals surface area (Å²) in [7, 11) is 1.66. The summed E-state index contributed by atoms with van der Waals surface area (Å²) in [5, 5.41) is 5.91. The Kier molecular flexibility index (Phi) is 12.0. The summed E-state index contributed by atoms with van der Waals surface area (Å²) < 4.78 is 5.31. The van der Waals surface area contributed by atoms with E-state index in [0.29, 0.717) is 0 Å². The Hall–Kier alpha value is -2.82. The molecule has 1 fully saturated rings. The van der Waals surface area contributed by atoms with E-state index in [2.05, 4.69) is 44.4 Å². The van der Waals surface area contributed by atoms with Crippen molar-refractivity contribution in [2.45, 2.75) is 86.5 Å². The molecule has 0 spiro atoms. The van der Waals surface area contributed by atoms with E-state index in [9.17, 15) is 9.59 Å². The molecule has 5 heteroatoms. The fraction of sp³-hybridized carbons (Fsp3) is 0.548. The zero-order chi connectivity index (χ0) is 26.7. The van der Waals surface area contributed by atoms with Crippen LogP contribution in [0.1, 0.15) is 83.4 Å². The fourth-order valence-electron chi connectivity index (χ4n) is 5.12. The summed E-state index contributed by atoms with van der Waals surface area (Å²) in [6.07, 6.45) is 7.61. The number of carbonyl (C=O) groups excluding carboxylic acids is 2. The Morgan fingerprint density at radius 3 is 2.25 bits per heavy atom. The lowest BCUT2D eigenvalue weighted by Gasteiger charge is -2.31. The van der Waals surface area contributed by atoms with Crippen LogP contribution in [-0.2, 0) is 22.4 Å². The van der Waals surface area contributed by atoms with Gasteiger partial charge in [0.1, 0.15) is 5.75 Å². The highest BCUT2D eigenvalue weighted by molar-refractivity contribution is 5.93. The van der Waals surface area contributed by atoms with Gasteiger partial charge in [0.25, 0.3) is 0 Å². The van der Waals surface area contributed by atoms with Crippen LogP contribution >= 0.6 is 0 Å². The fourth-order valence-corrected chi connectivity index (χ4v) is 5.12. The topological polar surface area (TPSA) is 67.4 Å². The van der Waals surface area contributed by atoms with Crippen molar-refractivity contribution in [2.75, 3.05) is 17.7 Å². The first-order valence-electron chi connectivity index (χ1n) is 13.6. The van der Waals surface area contributed by atoms with E-state index in [1.165, 1.54) is 37.3 Å². The summed E-state index contributed by atoms with van der Waals surface area (Å²) in [5.41, 5.74) is 5.44. The van der Waals surface area contributed by atoms with Crippen LogP contribution in [0.2, 0.25) is 0 Å². The van der Waals surface area contributed by atoms with Gasteiger partial charge < -0.3 is 15.4 Å². The number of carbonyl (C=O) groups is 2. The SMILES string of the molecule is CCC(C)C1CCC(C(=O)Nc2ccc(C)c(OC)c2)CC1.CCc1cccc(NC(C)=O)c1CC. The van der Waals surface area contributed by atoms with E-state index >= 15 is 0 Å². The molecule has 2 amide bonds. The van der Waals surface area contributed by atoms with Gasteiger partial charge in [-0.2, -0.15) is 0 Å². The second-order valence-electron chi connectivity index (χ2n) is 10.0. The van der Waals surface area contributed by atoms with Crippen molar-refractivity contribution in [2.24, 2.45) is 17.8 Å². The summed E-state index contributed by atoms with van der Waals surface area (Å²) in [5.74, 6) is 2.71. The number of hydrogen-bond acceptors (Lipinski definition) is 3. The van der Waals surface area contributed by atoms with Gasteiger partial charge >= 0.3 is 0 Å². The molecule has 1 atom stereocenters. The van der Waals surface area contributed by atoms with Gasteiger partial charge in [-0.05, 0) is 86.1 Å². The molecule has 5 nitrogen and oxygen atoms in total. The Labute approximate surface area is 218 Å². The monoisotopic (exact) mass is 494 g/mol. The molecule has 0 heterocycles. The van der Waals surface area contributed by atoms with Crippen molar-refractivity contribution in [3.8, 4) is 5.75 Å². The van der Waals surface area contributed by atoms with Gasteiger partial charge in [0, 0.05) is 30.3 Å². The smallest absolute Gasteiger partial charge is 0.227 e. The summed E-state index contributed by atoms with van der Waals surface area (Å²) in [6, 6.07) is 11.9. The number of ether oxygens (including phenoxy) is 1. The van der Waals surface area contributed by atoms with E-state index in [0.717, 1.165) is 60.2 Å². The highest BCUT2D eigenvalue weighted by Crippen LogP contribution is 2.35. The normalized spacial score (nSPS) is 17.9. The van der Waals surface area contributed by atoms with Crippen LogP contribution in [0.5, 0.6) is 5.75 Å². The Morgan fingerprint density at radius 2 is 1.69 bits per heavy atom. The van der Waals surface area contributed by atoms with Gasteiger partial charge in [-0.25, -0.2) is 0 Å². The van der Waals surface area contributed by atoms with E-state index in [-0.39, 0.29) is 17.7 Å². The molecular weight excluding hydrogens is 448 g/mol. The van der Waals surface area contributed by atoms with Crippen molar-refractivity contribution < 1.29 is 14.3 Å². The number of amides is 2. The maximum atomic E-state index is 12.4. The zero-order valence-electron chi connectivity index (χ0n) is 23.4. The lowest BCUT2D eigenvalue weighted by Crippen LogP contribution is -2.28. The van der Waals surface area contributed by atoms with Crippen LogP contribution < -0.4 is 15.4 Å². The quantitative estimate of drug-likeness (QED) is 0.398. The van der Waals surface area contributed by atoms with Crippen LogP contribution in [0.15, 0.2) is 36.4 Å². The lowest BCUT2D eigenvalue weighted by molar-refractivity contribution is -0.121. The molecule has 3 rings (SSSR count). The Bertz CT molecular complexity index is 993. The third-order valence-electron chi connectivity index (χ3n) is 7.59. The van der Waals surface area contributed by atoms with Gasteiger partial charge in [0.15, 0.2) is 0 Å². The molecule has 1 unspecified atom stereocenters. The average Bonchev–Trinajstić information content (AvgIpc) is 2.89. The molecule has 0 radical (unpaired) electrons. The standard InChI is InChI=1S/C19H29NO2.C12H17NO/c1-5-13(2)15-7-9-16(10-8-15)19(21)20-17-11-6-14(3)18(12-17)22-4;1-4-10-7-6-8-12(11(10)5-2)13-9(3)14/h6,11-13,15-16H,5,7-10H2,1-4H3,(H,20,21);6-8H,4-5H2,1-3H3,(H,13,14). The van der Waals surface area contributed by atoms with Crippen molar-refractivity contribution in [1.29, 1.82) is 0 Å². The number of rotatable bonds is 8. The second-order valence-corrected chi connectivity index (χ2v) is 10.0. The second kappa shape index (κ2) is 14.7. The number of methoxy groups -OCH3 is 1. The maximum absolute atomic E-state index is 12.4. The molecular formula is C31H46N2O3. The minimum atomic E-state index is -0.00652. The molecule has 1 saturated carbocycles. The number of nitrogens with one attached hydrogen (secondary N) is 2. The number of aryl methyl sites for hydroxylation is 2. The lowest BCUT2D eigenvalue weighted by atomic mass is 9.75. The largest absolute Gasteiger partial charge is 0.496 e. The van der Waals surface area contributed by atoms with Crippen LogP contribution in [0.3, 0.4) is 0 Å². The third kappa shape index (κ3) is 8.39. The first-order chi connectivity index (χ1) is 17.2. The Morgan fingerprint density at radius 1 is 1.00 bits per heavy atom. The first kappa shape index (κ1) is 29.4. The molecule has 1 aliphatic carbocycles. The zero-order valence-corrected chi connectivity index (χ0v) is 23.4. The van der Waals surface area contributed by atoms with Crippen molar-refractivity contribution in [1.82, 2.24) is 0 Å². The number of benzene rings is 2. The van der Waals surface area contributed by atoms with Gasteiger partial charge in [0.2, 0.25) is 11.8 Å². The van der Waals surface area contributed by atoms with E-state index < -0.39 is 0 Å². The molecule has 0 saturated heterocycles. The average molecular weight is 495 g/mol. The van der Waals surface area contributed by atoms with Gasteiger partial charge in [0.05, 0.1) is 7.11 Å². The number of hydrogen-bond donors (Lipinski definition) is 2. The van der Waals surface area contributed by atoms with E-state index in [1.54, 1.807) is 7.11 Å². The van der Waals surface area contributed by atoms with E-state index in [1.807, 2.05) is 37.3 Å². The Balaban J connectivity index is 0.000000281. The highest BCUT2D eigenvalue weighted by Gasteiger charge is 2.28. The number of anilines is 2. The molecule has 2 N–H and O–H groups in total. The summed E-state index contributed by atoms with van der Waals surface area (Å²) >= 11 is 0. The van der Waals surface area contributed by atoms with Gasteiger partial charge in [-0.15, -0.1) is 0 Å².